The Hall–Kier alpha value is -0.380. The molecule has 0 radical (unpaired) electrons. The first-order valence-corrected chi connectivity index (χ1v) is 7.57. The van der Waals surface area contributed by atoms with Gasteiger partial charge in [-0.05, 0) is 56.4 Å². The van der Waals surface area contributed by atoms with Gasteiger partial charge in [-0.2, -0.15) is 0 Å². The summed E-state index contributed by atoms with van der Waals surface area (Å²) in [5.41, 5.74) is 0. The first-order valence-electron chi connectivity index (χ1n) is 6.75. The molecule has 0 atom stereocenters. The summed E-state index contributed by atoms with van der Waals surface area (Å²) in [5, 5.41) is 7.02. The minimum atomic E-state index is 0.665. The van der Waals surface area contributed by atoms with Crippen LogP contribution < -0.4 is 10.6 Å². The van der Waals surface area contributed by atoms with Crippen molar-refractivity contribution in [2.75, 3.05) is 19.6 Å². The third-order valence-corrected chi connectivity index (χ3v) is 4.83. The Kier molecular flexibility index (Phi) is 5.01. The Morgan fingerprint density at radius 3 is 2.76 bits per heavy atom. The molecule has 1 aromatic heterocycles. The lowest BCUT2D eigenvalue weighted by atomic mass is 9.98. The highest BCUT2D eigenvalue weighted by Gasteiger charge is 2.12. The van der Waals surface area contributed by atoms with Crippen molar-refractivity contribution in [3.63, 3.8) is 0 Å². The van der Waals surface area contributed by atoms with Gasteiger partial charge in [0.1, 0.15) is 0 Å². The third-order valence-electron chi connectivity index (χ3n) is 3.44. The molecule has 2 heterocycles. The molecule has 17 heavy (non-hydrogen) atoms. The monoisotopic (exact) mass is 252 g/mol. The fourth-order valence-electron chi connectivity index (χ4n) is 2.29. The number of nitrogens with one attached hydrogen (secondary N) is 2. The first kappa shape index (κ1) is 13.1. The van der Waals surface area contributed by atoms with E-state index in [-0.39, 0.29) is 0 Å². The Morgan fingerprint density at radius 2 is 2.12 bits per heavy atom. The highest BCUT2D eigenvalue weighted by molar-refractivity contribution is 7.12. The molecule has 96 valence electrons. The molecular weight excluding hydrogens is 228 g/mol. The molecular formula is C14H24N2S. The van der Waals surface area contributed by atoms with E-state index in [0.717, 1.165) is 12.5 Å². The van der Waals surface area contributed by atoms with Crippen LogP contribution in [0.25, 0.3) is 0 Å². The van der Waals surface area contributed by atoms with Crippen molar-refractivity contribution in [3.8, 4) is 0 Å². The summed E-state index contributed by atoms with van der Waals surface area (Å²) >= 11 is 1.95. The second-order valence-corrected chi connectivity index (χ2v) is 6.48. The molecule has 0 aromatic carbocycles. The lowest BCUT2D eigenvalue weighted by Gasteiger charge is -2.22. The predicted octanol–water partition coefficient (Wildman–Crippen LogP) is 2.96. The Balaban J connectivity index is 1.70. The van der Waals surface area contributed by atoms with Crippen LogP contribution in [-0.4, -0.2) is 19.6 Å². The van der Waals surface area contributed by atoms with Gasteiger partial charge < -0.3 is 10.6 Å². The largest absolute Gasteiger partial charge is 0.317 e. The molecule has 0 bridgehead atoms. The Bertz CT molecular complexity index is 327. The van der Waals surface area contributed by atoms with E-state index in [1.54, 1.807) is 0 Å². The van der Waals surface area contributed by atoms with E-state index >= 15 is 0 Å². The summed E-state index contributed by atoms with van der Waals surface area (Å²) in [7, 11) is 0. The molecule has 1 aliphatic heterocycles. The number of thiophene rings is 1. The van der Waals surface area contributed by atoms with E-state index in [4.69, 9.17) is 0 Å². The average Bonchev–Trinajstić information content (AvgIpc) is 2.79. The minimum absolute atomic E-state index is 0.665. The number of hydrogen-bond donors (Lipinski definition) is 2. The quantitative estimate of drug-likeness (QED) is 0.842. The molecule has 3 heteroatoms. The van der Waals surface area contributed by atoms with Crippen LogP contribution >= 0.6 is 11.3 Å². The van der Waals surface area contributed by atoms with Crippen molar-refractivity contribution in [1.82, 2.24) is 10.6 Å². The average molecular weight is 252 g/mol. The van der Waals surface area contributed by atoms with Crippen molar-refractivity contribution in [1.29, 1.82) is 0 Å². The SMILES string of the molecule is CC(C)c1ccc(CNCC2CCNCC2)s1. The molecule has 0 spiro atoms. The van der Waals surface area contributed by atoms with Gasteiger partial charge in [-0.1, -0.05) is 13.8 Å². The van der Waals surface area contributed by atoms with Gasteiger partial charge in [-0.3, -0.25) is 0 Å². The molecule has 1 aliphatic rings. The summed E-state index contributed by atoms with van der Waals surface area (Å²) in [6, 6.07) is 4.55. The number of piperidine rings is 1. The molecule has 1 saturated heterocycles. The van der Waals surface area contributed by atoms with Crippen LogP contribution in [0.1, 0.15) is 42.4 Å². The summed E-state index contributed by atoms with van der Waals surface area (Å²) in [6.07, 6.45) is 2.66. The fraction of sp³-hybridized carbons (Fsp3) is 0.714. The molecule has 2 rings (SSSR count). The van der Waals surface area contributed by atoms with Gasteiger partial charge in [-0.25, -0.2) is 0 Å². The second-order valence-electron chi connectivity index (χ2n) is 5.28. The zero-order valence-electron chi connectivity index (χ0n) is 11.0. The van der Waals surface area contributed by atoms with Crippen LogP contribution in [0.3, 0.4) is 0 Å². The molecule has 2 N–H and O–H groups in total. The standard InChI is InChI=1S/C14H24N2S/c1-11(2)14-4-3-13(17-14)10-16-9-12-5-7-15-8-6-12/h3-4,11-12,15-16H,5-10H2,1-2H3. The van der Waals surface area contributed by atoms with E-state index in [1.807, 2.05) is 11.3 Å². The number of rotatable bonds is 5. The van der Waals surface area contributed by atoms with Gasteiger partial charge in [0.05, 0.1) is 0 Å². The molecule has 0 aliphatic carbocycles. The molecule has 1 aromatic rings. The van der Waals surface area contributed by atoms with Crippen LogP contribution in [0.15, 0.2) is 12.1 Å². The predicted molar refractivity (Wildman–Crippen MR) is 75.7 cm³/mol. The third kappa shape index (κ3) is 4.09. The van der Waals surface area contributed by atoms with Crippen LogP contribution in [0.4, 0.5) is 0 Å². The zero-order chi connectivity index (χ0) is 12.1. The topological polar surface area (TPSA) is 24.1 Å². The van der Waals surface area contributed by atoms with Gasteiger partial charge >= 0.3 is 0 Å². The zero-order valence-corrected chi connectivity index (χ0v) is 11.8. The minimum Gasteiger partial charge on any atom is -0.317 e. The van der Waals surface area contributed by atoms with Crippen molar-refractivity contribution in [2.45, 2.75) is 39.2 Å². The van der Waals surface area contributed by atoms with E-state index < -0.39 is 0 Å². The molecule has 0 unspecified atom stereocenters. The highest BCUT2D eigenvalue weighted by Crippen LogP contribution is 2.24. The van der Waals surface area contributed by atoms with Gasteiger partial charge in [0, 0.05) is 16.3 Å². The highest BCUT2D eigenvalue weighted by atomic mass is 32.1. The van der Waals surface area contributed by atoms with Crippen LogP contribution in [0, 0.1) is 5.92 Å². The molecule has 2 nitrogen and oxygen atoms in total. The summed E-state index contributed by atoms with van der Waals surface area (Å²) in [6.45, 7) is 9.14. The molecule has 1 fully saturated rings. The summed E-state index contributed by atoms with van der Waals surface area (Å²) in [4.78, 5) is 2.98. The maximum Gasteiger partial charge on any atom is 0.0299 e. The van der Waals surface area contributed by atoms with Gasteiger partial charge in [0.25, 0.3) is 0 Å². The smallest absolute Gasteiger partial charge is 0.0299 e. The van der Waals surface area contributed by atoms with Crippen molar-refractivity contribution < 1.29 is 0 Å². The number of hydrogen-bond acceptors (Lipinski definition) is 3. The normalized spacial score (nSPS) is 17.8. The van der Waals surface area contributed by atoms with E-state index in [1.165, 1.54) is 42.2 Å². The van der Waals surface area contributed by atoms with Crippen LogP contribution in [0.5, 0.6) is 0 Å². The lowest BCUT2D eigenvalue weighted by molar-refractivity contribution is 0.357. The van der Waals surface area contributed by atoms with Crippen molar-refractivity contribution in [2.24, 2.45) is 5.92 Å². The van der Waals surface area contributed by atoms with E-state index in [2.05, 4.69) is 36.6 Å². The maximum atomic E-state index is 3.61. The Morgan fingerprint density at radius 1 is 1.35 bits per heavy atom. The van der Waals surface area contributed by atoms with Crippen molar-refractivity contribution >= 4 is 11.3 Å². The van der Waals surface area contributed by atoms with Gasteiger partial charge in [-0.15, -0.1) is 11.3 Å². The maximum absolute atomic E-state index is 3.61. The van der Waals surface area contributed by atoms with E-state index in [0.29, 0.717) is 5.92 Å². The molecule has 0 amide bonds. The molecule has 0 saturated carbocycles. The summed E-state index contributed by atoms with van der Waals surface area (Å²) < 4.78 is 0. The van der Waals surface area contributed by atoms with Crippen LogP contribution in [0.2, 0.25) is 0 Å². The van der Waals surface area contributed by atoms with Crippen LogP contribution in [-0.2, 0) is 6.54 Å². The second kappa shape index (κ2) is 6.53. The summed E-state index contributed by atoms with van der Waals surface area (Å²) in [5.74, 6) is 1.54. The van der Waals surface area contributed by atoms with Gasteiger partial charge in [0.15, 0.2) is 0 Å². The van der Waals surface area contributed by atoms with E-state index in [9.17, 15) is 0 Å². The van der Waals surface area contributed by atoms with Crippen molar-refractivity contribution in [3.05, 3.63) is 21.9 Å². The Labute approximate surface area is 109 Å². The first-order chi connectivity index (χ1) is 8.25. The lowest BCUT2D eigenvalue weighted by Crippen LogP contribution is -2.33. The fourth-order valence-corrected chi connectivity index (χ4v) is 3.27. The van der Waals surface area contributed by atoms with Gasteiger partial charge in [0.2, 0.25) is 0 Å².